The summed E-state index contributed by atoms with van der Waals surface area (Å²) in [7, 11) is 1.59. The Balaban J connectivity index is 1.87. The lowest BCUT2D eigenvalue weighted by Crippen LogP contribution is -2.41. The van der Waals surface area contributed by atoms with Crippen LogP contribution in [-0.2, 0) is 16.0 Å². The molecule has 0 heterocycles. The molecule has 3 aromatic rings. The zero-order valence-electron chi connectivity index (χ0n) is 20.5. The summed E-state index contributed by atoms with van der Waals surface area (Å²) in [6.07, 6.45) is 2.39. The first-order valence-electron chi connectivity index (χ1n) is 11.5. The van der Waals surface area contributed by atoms with Crippen LogP contribution >= 0.6 is 11.8 Å². The first-order chi connectivity index (χ1) is 17.3. The second kappa shape index (κ2) is 12.8. The van der Waals surface area contributed by atoms with E-state index in [2.05, 4.69) is 10.6 Å². The van der Waals surface area contributed by atoms with Crippen LogP contribution in [0, 0.1) is 6.92 Å². The second-order valence-corrected chi connectivity index (χ2v) is 9.28. The average molecular weight is 507 g/mol. The molecule has 3 rings (SSSR count). The summed E-state index contributed by atoms with van der Waals surface area (Å²) < 4.78 is 5.15. The van der Waals surface area contributed by atoms with Gasteiger partial charge in [-0.25, -0.2) is 4.79 Å². The van der Waals surface area contributed by atoms with Crippen LogP contribution in [0.4, 0.5) is 5.69 Å². The van der Waals surface area contributed by atoms with Gasteiger partial charge in [-0.2, -0.15) is 11.8 Å². The summed E-state index contributed by atoms with van der Waals surface area (Å²) >= 11 is 1.52. The highest BCUT2D eigenvalue weighted by atomic mass is 32.2. The van der Waals surface area contributed by atoms with Crippen LogP contribution in [0.15, 0.2) is 66.7 Å². The number of ether oxygens (including phenoxy) is 1. The fourth-order valence-corrected chi connectivity index (χ4v) is 4.25. The zero-order chi connectivity index (χ0) is 26.1. The van der Waals surface area contributed by atoms with Crippen LogP contribution in [0.2, 0.25) is 0 Å². The van der Waals surface area contributed by atoms with Crippen molar-refractivity contribution in [2.45, 2.75) is 25.8 Å². The van der Waals surface area contributed by atoms with E-state index in [1.807, 2.05) is 49.6 Å². The Morgan fingerprint density at radius 1 is 1.00 bits per heavy atom. The van der Waals surface area contributed by atoms with E-state index >= 15 is 0 Å². The summed E-state index contributed by atoms with van der Waals surface area (Å²) in [6.45, 7) is 1.93. The van der Waals surface area contributed by atoms with E-state index in [4.69, 9.17) is 4.74 Å². The number of nitrogens with one attached hydrogen (secondary N) is 2. The van der Waals surface area contributed by atoms with Crippen molar-refractivity contribution in [3.8, 4) is 16.9 Å². The average Bonchev–Trinajstić information content (AvgIpc) is 2.87. The number of carbonyl (C=O) groups excluding carboxylic acids is 2. The summed E-state index contributed by atoms with van der Waals surface area (Å²) in [6, 6.07) is 18.9. The van der Waals surface area contributed by atoms with Gasteiger partial charge >= 0.3 is 5.97 Å². The minimum absolute atomic E-state index is 0.182. The van der Waals surface area contributed by atoms with E-state index < -0.39 is 17.9 Å². The third kappa shape index (κ3) is 7.11. The highest BCUT2D eigenvalue weighted by molar-refractivity contribution is 7.98. The Morgan fingerprint density at radius 2 is 1.72 bits per heavy atom. The number of carbonyl (C=O) groups is 3. The molecule has 0 fully saturated rings. The van der Waals surface area contributed by atoms with Crippen LogP contribution in [0.1, 0.15) is 27.9 Å². The van der Waals surface area contributed by atoms with Crippen molar-refractivity contribution in [2.24, 2.45) is 0 Å². The third-order valence-corrected chi connectivity index (χ3v) is 6.36. The molecule has 0 spiro atoms. The molecule has 7 nitrogen and oxygen atoms in total. The molecule has 188 valence electrons. The molecule has 8 heteroatoms. The Kier molecular flexibility index (Phi) is 9.53. The molecule has 0 aliphatic heterocycles. The van der Waals surface area contributed by atoms with Gasteiger partial charge in [0.25, 0.3) is 5.91 Å². The number of hydrogen-bond acceptors (Lipinski definition) is 5. The minimum Gasteiger partial charge on any atom is -0.497 e. The number of anilines is 1. The van der Waals surface area contributed by atoms with Crippen molar-refractivity contribution in [3.63, 3.8) is 0 Å². The van der Waals surface area contributed by atoms with E-state index in [9.17, 15) is 19.5 Å². The Hall–Kier alpha value is -3.78. The molecule has 0 aliphatic carbocycles. The van der Waals surface area contributed by atoms with Crippen LogP contribution in [0.25, 0.3) is 11.1 Å². The predicted octanol–water partition coefficient (Wildman–Crippen LogP) is 4.79. The molecule has 0 bridgehead atoms. The van der Waals surface area contributed by atoms with Crippen molar-refractivity contribution in [1.29, 1.82) is 0 Å². The monoisotopic (exact) mass is 506 g/mol. The smallest absolute Gasteiger partial charge is 0.326 e. The molecule has 0 aliphatic rings. The highest BCUT2D eigenvalue weighted by Gasteiger charge is 2.23. The van der Waals surface area contributed by atoms with Crippen molar-refractivity contribution in [2.75, 3.05) is 24.4 Å². The maximum Gasteiger partial charge on any atom is 0.326 e. The highest BCUT2D eigenvalue weighted by Crippen LogP contribution is 2.30. The van der Waals surface area contributed by atoms with Gasteiger partial charge in [-0.15, -0.1) is 0 Å². The van der Waals surface area contributed by atoms with Gasteiger partial charge in [0, 0.05) is 11.3 Å². The number of methoxy groups -OCH3 is 1. The number of aliphatic carboxylic acids is 1. The number of carboxylic acids is 1. The van der Waals surface area contributed by atoms with Crippen LogP contribution in [0.5, 0.6) is 5.75 Å². The molecule has 0 aromatic heterocycles. The molecule has 0 radical (unpaired) electrons. The Bertz CT molecular complexity index is 1230. The molecular formula is C28H30N2O5S. The fraction of sp³-hybridized carbons (Fsp3) is 0.250. The standard InChI is InChI=1S/C28H30N2O5S/c1-18-6-4-5-7-22(18)24-17-20(29-26(31)16-19-8-11-21(35-2)12-9-19)10-13-23(24)27(32)30-25(28(33)34)14-15-36-3/h4-13,17,25H,14-16H2,1-3H3,(H,29,31)(H,30,32)(H,33,34)/t25-/m0/s1. The lowest BCUT2D eigenvalue weighted by atomic mass is 9.94. The van der Waals surface area contributed by atoms with E-state index in [1.54, 1.807) is 37.4 Å². The van der Waals surface area contributed by atoms with E-state index in [1.165, 1.54) is 11.8 Å². The largest absolute Gasteiger partial charge is 0.497 e. The number of benzene rings is 3. The lowest BCUT2D eigenvalue weighted by Gasteiger charge is -2.18. The van der Waals surface area contributed by atoms with Gasteiger partial charge in [-0.3, -0.25) is 9.59 Å². The second-order valence-electron chi connectivity index (χ2n) is 8.29. The van der Waals surface area contributed by atoms with Crippen molar-refractivity contribution < 1.29 is 24.2 Å². The van der Waals surface area contributed by atoms with Crippen LogP contribution < -0.4 is 15.4 Å². The fourth-order valence-electron chi connectivity index (χ4n) is 3.78. The van der Waals surface area contributed by atoms with E-state index in [0.29, 0.717) is 29.0 Å². The summed E-state index contributed by atoms with van der Waals surface area (Å²) in [5, 5.41) is 15.1. The molecular weight excluding hydrogens is 476 g/mol. The zero-order valence-corrected chi connectivity index (χ0v) is 21.4. The van der Waals surface area contributed by atoms with Crippen molar-refractivity contribution in [1.82, 2.24) is 5.32 Å². The number of hydrogen-bond donors (Lipinski definition) is 3. The van der Waals surface area contributed by atoms with Gasteiger partial charge in [-0.05, 0) is 77.9 Å². The topological polar surface area (TPSA) is 105 Å². The van der Waals surface area contributed by atoms with E-state index in [0.717, 1.165) is 22.4 Å². The third-order valence-electron chi connectivity index (χ3n) is 5.72. The maximum atomic E-state index is 13.2. The molecule has 1 atom stereocenters. The molecule has 0 saturated heterocycles. The number of carboxylic acid groups (broad SMARTS) is 1. The normalized spacial score (nSPS) is 11.4. The lowest BCUT2D eigenvalue weighted by molar-refractivity contribution is -0.139. The molecule has 3 aromatic carbocycles. The minimum atomic E-state index is -1.07. The van der Waals surface area contributed by atoms with Gasteiger partial charge in [0.1, 0.15) is 11.8 Å². The van der Waals surface area contributed by atoms with Gasteiger partial charge in [0.05, 0.1) is 13.5 Å². The number of amides is 2. The first kappa shape index (κ1) is 26.8. The van der Waals surface area contributed by atoms with E-state index in [-0.39, 0.29) is 12.3 Å². The number of rotatable bonds is 11. The van der Waals surface area contributed by atoms with Gasteiger partial charge in [0.2, 0.25) is 5.91 Å². The Morgan fingerprint density at radius 3 is 2.36 bits per heavy atom. The quantitative estimate of drug-likeness (QED) is 0.346. The Labute approximate surface area is 215 Å². The summed E-state index contributed by atoms with van der Waals surface area (Å²) in [4.78, 5) is 37.5. The number of aryl methyl sites for hydroxylation is 1. The first-order valence-corrected chi connectivity index (χ1v) is 12.9. The molecule has 0 unspecified atom stereocenters. The maximum absolute atomic E-state index is 13.2. The summed E-state index contributed by atoms with van der Waals surface area (Å²) in [5.41, 5.74) is 4.11. The molecule has 3 N–H and O–H groups in total. The summed E-state index contributed by atoms with van der Waals surface area (Å²) in [5.74, 6) is -0.415. The SMILES string of the molecule is COc1ccc(CC(=O)Nc2ccc(C(=O)N[C@@H](CCSC)C(=O)O)c(-c3ccccc3C)c2)cc1. The molecule has 36 heavy (non-hydrogen) atoms. The van der Waals surface area contributed by atoms with Gasteiger partial charge in [0.15, 0.2) is 0 Å². The molecule has 0 saturated carbocycles. The molecule has 2 amide bonds. The number of thioether (sulfide) groups is 1. The van der Waals surface area contributed by atoms with Gasteiger partial charge < -0.3 is 20.5 Å². The van der Waals surface area contributed by atoms with Crippen LogP contribution in [0.3, 0.4) is 0 Å². The van der Waals surface area contributed by atoms with Gasteiger partial charge in [-0.1, -0.05) is 36.4 Å². The van der Waals surface area contributed by atoms with Crippen molar-refractivity contribution in [3.05, 3.63) is 83.4 Å². The van der Waals surface area contributed by atoms with Crippen molar-refractivity contribution >= 4 is 35.2 Å². The van der Waals surface area contributed by atoms with Crippen LogP contribution in [-0.4, -0.2) is 48.1 Å². The predicted molar refractivity (Wildman–Crippen MR) is 144 cm³/mol.